The Morgan fingerprint density at radius 1 is 1.48 bits per heavy atom. The highest BCUT2D eigenvalue weighted by atomic mass is 19.1. The smallest absolute Gasteiger partial charge is 0.319 e. The average Bonchev–Trinajstić information content (AvgIpc) is 2.37. The van der Waals surface area contributed by atoms with E-state index in [0.717, 1.165) is 6.07 Å². The Bertz CT molecular complexity index is 596. The van der Waals surface area contributed by atoms with E-state index in [-0.39, 0.29) is 17.8 Å². The van der Waals surface area contributed by atoms with E-state index >= 15 is 0 Å². The van der Waals surface area contributed by atoms with Crippen LogP contribution in [0.2, 0.25) is 0 Å². The molecule has 0 fully saturated rings. The van der Waals surface area contributed by atoms with Crippen LogP contribution in [0.1, 0.15) is 18.9 Å². The normalized spacial score (nSPS) is 12.9. The summed E-state index contributed by atoms with van der Waals surface area (Å²) < 4.78 is 13.5. The van der Waals surface area contributed by atoms with E-state index in [4.69, 9.17) is 10.4 Å². The van der Waals surface area contributed by atoms with Gasteiger partial charge in [-0.15, -0.1) is 0 Å². The number of carboxylic acid groups (broad SMARTS) is 1. The van der Waals surface area contributed by atoms with Gasteiger partial charge in [0.15, 0.2) is 0 Å². The fraction of sp³-hybridized carbons (Fsp3) is 0.308. The monoisotopic (exact) mass is 295 g/mol. The number of carbonyl (C=O) groups is 2. The molecule has 8 heteroatoms. The van der Waals surface area contributed by atoms with Gasteiger partial charge in [0.2, 0.25) is 0 Å². The number of hydrogen-bond acceptors (Lipinski definition) is 4. The van der Waals surface area contributed by atoms with Gasteiger partial charge in [-0.3, -0.25) is 4.79 Å². The lowest BCUT2D eigenvalue weighted by Gasteiger charge is -2.21. The largest absolute Gasteiger partial charge is 0.481 e. The first-order valence-corrected chi connectivity index (χ1v) is 5.92. The van der Waals surface area contributed by atoms with E-state index in [1.165, 1.54) is 19.1 Å². The first-order valence-electron chi connectivity index (χ1n) is 5.92. The Morgan fingerprint density at radius 3 is 2.67 bits per heavy atom. The molecular formula is C13H14FN3O4. The number of rotatable bonds is 5. The van der Waals surface area contributed by atoms with Crippen LogP contribution in [0.25, 0.3) is 0 Å². The topological polar surface area (TPSA) is 122 Å². The number of nitrogens with one attached hydrogen (secondary N) is 2. The predicted octanol–water partition coefficient (Wildman–Crippen LogP) is 1.04. The van der Waals surface area contributed by atoms with Crippen molar-refractivity contribution in [2.75, 3.05) is 11.9 Å². The molecule has 112 valence electrons. The summed E-state index contributed by atoms with van der Waals surface area (Å²) in [5, 5.41) is 31.3. The van der Waals surface area contributed by atoms with Crippen molar-refractivity contribution >= 4 is 17.7 Å². The number of amides is 2. The van der Waals surface area contributed by atoms with Gasteiger partial charge < -0.3 is 20.8 Å². The number of aliphatic hydroxyl groups is 1. The number of hydrogen-bond donors (Lipinski definition) is 4. The molecule has 0 saturated carbocycles. The summed E-state index contributed by atoms with van der Waals surface area (Å²) in [4.78, 5) is 22.0. The van der Waals surface area contributed by atoms with Crippen LogP contribution in [0.4, 0.5) is 14.9 Å². The number of aliphatic carboxylic acids is 1. The van der Waals surface area contributed by atoms with Crippen molar-refractivity contribution in [3.05, 3.63) is 29.6 Å². The summed E-state index contributed by atoms with van der Waals surface area (Å²) in [5.74, 6) is -1.98. The number of urea groups is 1. The molecule has 0 aromatic heterocycles. The molecule has 2 amide bonds. The lowest BCUT2D eigenvalue weighted by molar-refractivity contribution is -0.141. The van der Waals surface area contributed by atoms with E-state index in [1.807, 2.05) is 0 Å². The van der Waals surface area contributed by atoms with E-state index in [9.17, 15) is 19.1 Å². The Hall–Kier alpha value is -2.66. The van der Waals surface area contributed by atoms with Gasteiger partial charge in [0.25, 0.3) is 0 Å². The van der Waals surface area contributed by atoms with E-state index < -0.39 is 29.8 Å². The van der Waals surface area contributed by atoms with Crippen LogP contribution in [0, 0.1) is 17.1 Å². The molecular weight excluding hydrogens is 281 g/mol. The van der Waals surface area contributed by atoms with Crippen molar-refractivity contribution < 1.29 is 24.2 Å². The molecule has 1 aromatic rings. The van der Waals surface area contributed by atoms with Gasteiger partial charge in [-0.05, 0) is 25.1 Å². The van der Waals surface area contributed by atoms with Gasteiger partial charge in [0.05, 0.1) is 29.3 Å². The lowest BCUT2D eigenvalue weighted by Crippen LogP contribution is -2.43. The van der Waals surface area contributed by atoms with Crippen LogP contribution in [-0.4, -0.2) is 34.4 Å². The van der Waals surface area contributed by atoms with Gasteiger partial charge in [-0.1, -0.05) is 0 Å². The van der Waals surface area contributed by atoms with E-state index in [2.05, 4.69) is 10.6 Å². The molecule has 0 heterocycles. The highest BCUT2D eigenvalue weighted by Gasteiger charge is 2.24. The minimum atomic E-state index is -1.62. The first kappa shape index (κ1) is 16.4. The fourth-order valence-electron chi connectivity index (χ4n) is 1.51. The van der Waals surface area contributed by atoms with Crippen LogP contribution in [0.15, 0.2) is 18.2 Å². The number of carboxylic acids is 1. The second-order valence-corrected chi connectivity index (χ2v) is 4.68. The average molecular weight is 295 g/mol. The second-order valence-electron chi connectivity index (χ2n) is 4.68. The molecule has 0 spiro atoms. The van der Waals surface area contributed by atoms with Gasteiger partial charge in [0, 0.05) is 6.54 Å². The Kier molecular flexibility index (Phi) is 5.21. The number of halogens is 1. The minimum Gasteiger partial charge on any atom is -0.481 e. The van der Waals surface area contributed by atoms with Gasteiger partial charge in [-0.25, -0.2) is 9.18 Å². The third-order valence-corrected chi connectivity index (χ3v) is 2.51. The quantitative estimate of drug-likeness (QED) is 0.646. The zero-order valence-electron chi connectivity index (χ0n) is 11.2. The van der Waals surface area contributed by atoms with Crippen LogP contribution in [0.3, 0.4) is 0 Å². The zero-order chi connectivity index (χ0) is 16.0. The third-order valence-electron chi connectivity index (χ3n) is 2.51. The molecule has 1 rings (SSSR count). The lowest BCUT2D eigenvalue weighted by atomic mass is 10.0. The SMILES string of the molecule is CC(O)(CNC(=O)Nc1ccc(C#N)cc1F)CC(=O)O. The van der Waals surface area contributed by atoms with Gasteiger partial charge in [0.1, 0.15) is 5.82 Å². The zero-order valence-corrected chi connectivity index (χ0v) is 11.2. The molecule has 21 heavy (non-hydrogen) atoms. The standard InChI is InChI=1S/C13H14FN3O4/c1-13(21,5-11(18)19)7-16-12(20)17-10-3-2-8(6-15)4-9(10)14/h2-4,21H,5,7H2,1H3,(H,18,19)(H2,16,17,20). The summed E-state index contributed by atoms with van der Waals surface area (Å²) >= 11 is 0. The number of nitriles is 1. The van der Waals surface area contributed by atoms with Crippen molar-refractivity contribution in [3.8, 4) is 6.07 Å². The summed E-state index contributed by atoms with van der Waals surface area (Å²) in [6.45, 7) is 0.937. The number of carbonyl (C=O) groups excluding carboxylic acids is 1. The minimum absolute atomic E-state index is 0.114. The van der Waals surface area contributed by atoms with Crippen molar-refractivity contribution in [2.24, 2.45) is 0 Å². The number of benzene rings is 1. The second kappa shape index (κ2) is 6.67. The van der Waals surface area contributed by atoms with Crippen LogP contribution >= 0.6 is 0 Å². The molecule has 4 N–H and O–H groups in total. The first-order chi connectivity index (χ1) is 9.73. The maximum atomic E-state index is 13.5. The predicted molar refractivity (Wildman–Crippen MR) is 71.0 cm³/mol. The molecule has 0 radical (unpaired) electrons. The Morgan fingerprint density at radius 2 is 2.14 bits per heavy atom. The molecule has 1 atom stereocenters. The maximum Gasteiger partial charge on any atom is 0.319 e. The van der Waals surface area contributed by atoms with Crippen molar-refractivity contribution in [1.29, 1.82) is 5.26 Å². The van der Waals surface area contributed by atoms with Crippen molar-refractivity contribution in [1.82, 2.24) is 5.32 Å². The van der Waals surface area contributed by atoms with E-state index in [1.54, 1.807) is 6.07 Å². The maximum absolute atomic E-state index is 13.5. The molecule has 0 saturated heterocycles. The summed E-state index contributed by atoms with van der Waals surface area (Å²) in [6.07, 6.45) is -0.543. The molecule has 1 unspecified atom stereocenters. The summed E-state index contributed by atoms with van der Waals surface area (Å²) in [7, 11) is 0. The van der Waals surface area contributed by atoms with Gasteiger partial charge in [-0.2, -0.15) is 5.26 Å². The molecule has 7 nitrogen and oxygen atoms in total. The highest BCUT2D eigenvalue weighted by molar-refractivity contribution is 5.89. The fourth-order valence-corrected chi connectivity index (χ4v) is 1.51. The molecule has 0 aliphatic carbocycles. The van der Waals surface area contributed by atoms with Crippen LogP contribution in [-0.2, 0) is 4.79 Å². The van der Waals surface area contributed by atoms with E-state index in [0.29, 0.717) is 0 Å². The molecule has 0 aliphatic rings. The van der Waals surface area contributed by atoms with Crippen molar-refractivity contribution in [2.45, 2.75) is 18.9 Å². The highest BCUT2D eigenvalue weighted by Crippen LogP contribution is 2.15. The molecule has 0 aliphatic heterocycles. The Balaban J connectivity index is 2.59. The van der Waals surface area contributed by atoms with Gasteiger partial charge >= 0.3 is 12.0 Å². The van der Waals surface area contributed by atoms with Crippen LogP contribution < -0.4 is 10.6 Å². The summed E-state index contributed by atoms with van der Waals surface area (Å²) in [6, 6.07) is 4.48. The van der Waals surface area contributed by atoms with Crippen LogP contribution in [0.5, 0.6) is 0 Å². The Labute approximate surface area is 120 Å². The number of nitrogens with zero attached hydrogens (tertiary/aromatic N) is 1. The third kappa shape index (κ3) is 5.46. The molecule has 1 aromatic carbocycles. The number of anilines is 1. The summed E-state index contributed by atoms with van der Waals surface area (Å²) in [5.41, 5.74) is -1.64. The van der Waals surface area contributed by atoms with Crippen molar-refractivity contribution in [3.63, 3.8) is 0 Å². The molecule has 0 bridgehead atoms.